The number of aliphatic hydroxyl groups is 2. The second-order valence-corrected chi connectivity index (χ2v) is 4.07. The van der Waals surface area contributed by atoms with E-state index in [4.69, 9.17) is 5.11 Å². The molecule has 0 fully saturated rings. The zero-order chi connectivity index (χ0) is 9.19. The summed E-state index contributed by atoms with van der Waals surface area (Å²) in [6.07, 6.45) is 5.44. The van der Waals surface area contributed by atoms with Gasteiger partial charge in [0.25, 0.3) is 0 Å². The molecule has 2 N–H and O–H groups in total. The Kier molecular flexibility index (Phi) is 2.91. The molecule has 70 valence electrons. The van der Waals surface area contributed by atoms with Crippen LogP contribution in [0.4, 0.5) is 0 Å². The standard InChI is InChI=1S/C10H18O2/c1-8(2)9-3-5-10(12,7-11)6-4-9/h3,5,8-9,11-12H,4,6-7H2,1-2H3/t9-,10+/m0/s1. The number of hydrogen-bond acceptors (Lipinski definition) is 2. The van der Waals surface area contributed by atoms with Crippen molar-refractivity contribution in [1.29, 1.82) is 0 Å². The minimum atomic E-state index is -0.939. The molecule has 0 saturated heterocycles. The quantitative estimate of drug-likeness (QED) is 0.614. The van der Waals surface area contributed by atoms with Gasteiger partial charge in [0.1, 0.15) is 5.60 Å². The zero-order valence-corrected chi connectivity index (χ0v) is 7.83. The lowest BCUT2D eigenvalue weighted by atomic mass is 9.80. The van der Waals surface area contributed by atoms with Crippen molar-refractivity contribution in [2.75, 3.05) is 6.61 Å². The van der Waals surface area contributed by atoms with Gasteiger partial charge in [-0.3, -0.25) is 0 Å². The van der Waals surface area contributed by atoms with Gasteiger partial charge in [0.15, 0.2) is 0 Å². The third-order valence-corrected chi connectivity index (χ3v) is 2.69. The molecule has 0 aromatic rings. The molecule has 0 aromatic heterocycles. The van der Waals surface area contributed by atoms with Gasteiger partial charge < -0.3 is 10.2 Å². The molecule has 0 radical (unpaired) electrons. The second-order valence-electron chi connectivity index (χ2n) is 4.07. The Morgan fingerprint density at radius 3 is 2.58 bits per heavy atom. The summed E-state index contributed by atoms with van der Waals surface area (Å²) in [6.45, 7) is 4.20. The van der Waals surface area contributed by atoms with E-state index in [1.165, 1.54) is 0 Å². The molecule has 2 atom stereocenters. The second kappa shape index (κ2) is 3.58. The van der Waals surface area contributed by atoms with Crippen LogP contribution in [0.15, 0.2) is 12.2 Å². The van der Waals surface area contributed by atoms with Gasteiger partial charge in [0.2, 0.25) is 0 Å². The minimum absolute atomic E-state index is 0.158. The first-order chi connectivity index (χ1) is 5.57. The first kappa shape index (κ1) is 9.75. The van der Waals surface area contributed by atoms with Crippen molar-refractivity contribution in [3.63, 3.8) is 0 Å². The maximum atomic E-state index is 9.64. The molecule has 0 spiro atoms. The predicted octanol–water partition coefficient (Wildman–Crippen LogP) is 1.33. The fourth-order valence-corrected chi connectivity index (χ4v) is 1.59. The number of hydrogen-bond donors (Lipinski definition) is 2. The summed E-state index contributed by atoms with van der Waals surface area (Å²) in [7, 11) is 0. The normalized spacial score (nSPS) is 35.9. The van der Waals surface area contributed by atoms with Gasteiger partial charge in [-0.2, -0.15) is 0 Å². The zero-order valence-electron chi connectivity index (χ0n) is 7.83. The first-order valence-corrected chi connectivity index (χ1v) is 4.60. The smallest absolute Gasteiger partial charge is 0.106 e. The van der Waals surface area contributed by atoms with Crippen LogP contribution < -0.4 is 0 Å². The molecule has 0 aromatic carbocycles. The molecule has 2 nitrogen and oxygen atoms in total. The summed E-state index contributed by atoms with van der Waals surface area (Å²) in [5.74, 6) is 1.20. The highest BCUT2D eigenvalue weighted by Gasteiger charge is 2.28. The summed E-state index contributed by atoms with van der Waals surface area (Å²) in [4.78, 5) is 0. The van der Waals surface area contributed by atoms with Crippen LogP contribution in [0.3, 0.4) is 0 Å². The van der Waals surface area contributed by atoms with Crippen molar-refractivity contribution in [2.45, 2.75) is 32.3 Å². The van der Waals surface area contributed by atoms with Gasteiger partial charge in [-0.25, -0.2) is 0 Å². The Labute approximate surface area is 73.9 Å². The maximum Gasteiger partial charge on any atom is 0.106 e. The highest BCUT2D eigenvalue weighted by Crippen LogP contribution is 2.29. The van der Waals surface area contributed by atoms with E-state index < -0.39 is 5.60 Å². The molecule has 0 aliphatic heterocycles. The topological polar surface area (TPSA) is 40.5 Å². The van der Waals surface area contributed by atoms with Gasteiger partial charge in [0, 0.05) is 0 Å². The van der Waals surface area contributed by atoms with E-state index in [1.807, 2.05) is 6.08 Å². The van der Waals surface area contributed by atoms with Crippen LogP contribution in [0.2, 0.25) is 0 Å². The van der Waals surface area contributed by atoms with E-state index in [1.54, 1.807) is 6.08 Å². The summed E-state index contributed by atoms with van der Waals surface area (Å²) < 4.78 is 0. The van der Waals surface area contributed by atoms with Crippen molar-refractivity contribution in [3.8, 4) is 0 Å². The van der Waals surface area contributed by atoms with Gasteiger partial charge in [0.05, 0.1) is 6.61 Å². The molecule has 0 unspecified atom stereocenters. The molecule has 0 bridgehead atoms. The Morgan fingerprint density at radius 1 is 1.58 bits per heavy atom. The van der Waals surface area contributed by atoms with Crippen LogP contribution in [-0.2, 0) is 0 Å². The molecular weight excluding hydrogens is 152 g/mol. The van der Waals surface area contributed by atoms with Gasteiger partial charge in [-0.05, 0) is 24.7 Å². The highest BCUT2D eigenvalue weighted by molar-refractivity contribution is 5.08. The third kappa shape index (κ3) is 2.08. The Balaban J connectivity index is 2.58. The van der Waals surface area contributed by atoms with E-state index in [0.29, 0.717) is 18.3 Å². The average molecular weight is 170 g/mol. The molecule has 1 aliphatic carbocycles. The van der Waals surface area contributed by atoms with Crippen molar-refractivity contribution >= 4 is 0 Å². The van der Waals surface area contributed by atoms with Crippen LogP contribution in [-0.4, -0.2) is 22.4 Å². The van der Waals surface area contributed by atoms with E-state index in [-0.39, 0.29) is 6.61 Å². The fourth-order valence-electron chi connectivity index (χ4n) is 1.59. The summed E-state index contributed by atoms with van der Waals surface area (Å²) in [5, 5.41) is 18.5. The van der Waals surface area contributed by atoms with E-state index in [9.17, 15) is 5.11 Å². The molecular formula is C10H18O2. The summed E-state index contributed by atoms with van der Waals surface area (Å²) in [5.41, 5.74) is -0.939. The molecule has 0 saturated carbocycles. The lowest BCUT2D eigenvalue weighted by Gasteiger charge is -2.30. The summed E-state index contributed by atoms with van der Waals surface area (Å²) >= 11 is 0. The first-order valence-electron chi connectivity index (χ1n) is 4.60. The lowest BCUT2D eigenvalue weighted by molar-refractivity contribution is 0.00956. The minimum Gasteiger partial charge on any atom is -0.393 e. The van der Waals surface area contributed by atoms with Crippen molar-refractivity contribution in [3.05, 3.63) is 12.2 Å². The predicted molar refractivity (Wildman–Crippen MR) is 48.7 cm³/mol. The largest absolute Gasteiger partial charge is 0.393 e. The monoisotopic (exact) mass is 170 g/mol. The van der Waals surface area contributed by atoms with Crippen LogP contribution in [0.1, 0.15) is 26.7 Å². The van der Waals surface area contributed by atoms with Crippen molar-refractivity contribution < 1.29 is 10.2 Å². The molecule has 2 heteroatoms. The SMILES string of the molecule is CC(C)[C@H]1C=C[C@](O)(CO)CC1. The molecule has 1 rings (SSSR count). The Bertz CT molecular complexity index is 175. The highest BCUT2D eigenvalue weighted by atomic mass is 16.3. The van der Waals surface area contributed by atoms with E-state index in [0.717, 1.165) is 6.42 Å². The molecule has 1 aliphatic rings. The van der Waals surface area contributed by atoms with Gasteiger partial charge in [-0.1, -0.05) is 26.0 Å². The maximum absolute atomic E-state index is 9.64. The van der Waals surface area contributed by atoms with Crippen LogP contribution in [0, 0.1) is 11.8 Å². The van der Waals surface area contributed by atoms with Gasteiger partial charge in [-0.15, -0.1) is 0 Å². The van der Waals surface area contributed by atoms with Crippen LogP contribution in [0.5, 0.6) is 0 Å². The molecule has 0 amide bonds. The molecule has 12 heavy (non-hydrogen) atoms. The third-order valence-electron chi connectivity index (χ3n) is 2.69. The number of rotatable bonds is 2. The van der Waals surface area contributed by atoms with Crippen LogP contribution in [0.25, 0.3) is 0 Å². The van der Waals surface area contributed by atoms with Crippen LogP contribution >= 0.6 is 0 Å². The Hall–Kier alpha value is -0.340. The van der Waals surface area contributed by atoms with E-state index in [2.05, 4.69) is 13.8 Å². The summed E-state index contributed by atoms with van der Waals surface area (Å²) in [6, 6.07) is 0. The van der Waals surface area contributed by atoms with E-state index >= 15 is 0 Å². The number of aliphatic hydroxyl groups excluding tert-OH is 1. The lowest BCUT2D eigenvalue weighted by Crippen LogP contribution is -2.34. The molecule has 0 heterocycles. The van der Waals surface area contributed by atoms with Crippen molar-refractivity contribution in [2.24, 2.45) is 11.8 Å². The van der Waals surface area contributed by atoms with Gasteiger partial charge >= 0.3 is 0 Å². The average Bonchev–Trinajstić information content (AvgIpc) is 2.05. The van der Waals surface area contributed by atoms with Crippen molar-refractivity contribution in [1.82, 2.24) is 0 Å². The Morgan fingerprint density at radius 2 is 2.25 bits per heavy atom. The number of allylic oxidation sites excluding steroid dienone is 1. The fraction of sp³-hybridized carbons (Fsp3) is 0.800.